The summed E-state index contributed by atoms with van der Waals surface area (Å²) in [6.07, 6.45) is 2.94. The molecule has 1 aliphatic rings. The number of carbonyl (C=O) groups excluding carboxylic acids is 2. The normalized spacial score (nSPS) is 16.8. The Morgan fingerprint density at radius 1 is 1.10 bits per heavy atom. The van der Waals surface area contributed by atoms with Gasteiger partial charge in [-0.3, -0.25) is 14.9 Å². The van der Waals surface area contributed by atoms with E-state index in [1.807, 2.05) is 29.8 Å². The monoisotopic (exact) mass is 532 g/mol. The molecule has 198 valence electrons. The lowest BCUT2D eigenvalue weighted by Gasteiger charge is -2.14. The van der Waals surface area contributed by atoms with E-state index in [9.17, 15) is 22.8 Å². The smallest absolute Gasteiger partial charge is 0.260 e. The highest BCUT2D eigenvalue weighted by Crippen LogP contribution is 2.49. The van der Waals surface area contributed by atoms with Gasteiger partial charge in [0.1, 0.15) is 11.7 Å². The molecule has 1 fully saturated rings. The quantitative estimate of drug-likeness (QED) is 0.318. The Labute approximate surface area is 220 Å². The molecule has 1 saturated carbocycles. The number of hydrogen-bond donors (Lipinski definition) is 2. The Kier molecular flexibility index (Phi) is 5.67. The zero-order valence-electron chi connectivity index (χ0n) is 21.0. The number of alkyl halides is 2. The second-order valence-corrected chi connectivity index (χ2v) is 9.80. The molecule has 0 spiro atoms. The summed E-state index contributed by atoms with van der Waals surface area (Å²) in [5.74, 6) is -5.83. The van der Waals surface area contributed by atoms with Crippen LogP contribution in [-0.4, -0.2) is 36.9 Å². The highest BCUT2D eigenvalue weighted by Gasteiger charge is 2.61. The van der Waals surface area contributed by atoms with Crippen LogP contribution in [0.1, 0.15) is 35.3 Å². The summed E-state index contributed by atoms with van der Waals surface area (Å²) >= 11 is 0. The van der Waals surface area contributed by atoms with Gasteiger partial charge >= 0.3 is 0 Å². The molecule has 3 aromatic heterocycles. The first-order valence-electron chi connectivity index (χ1n) is 12.3. The van der Waals surface area contributed by atoms with E-state index in [4.69, 9.17) is 0 Å². The average molecular weight is 533 g/mol. The van der Waals surface area contributed by atoms with Gasteiger partial charge in [-0.25, -0.2) is 17.7 Å². The minimum Gasteiger partial charge on any atom is -0.350 e. The molecule has 2 aromatic carbocycles. The van der Waals surface area contributed by atoms with E-state index in [2.05, 4.69) is 20.7 Å². The van der Waals surface area contributed by atoms with E-state index < -0.39 is 30.2 Å². The van der Waals surface area contributed by atoms with Gasteiger partial charge in [0.15, 0.2) is 5.65 Å². The van der Waals surface area contributed by atoms with Gasteiger partial charge in [0.05, 0.1) is 11.6 Å². The van der Waals surface area contributed by atoms with Gasteiger partial charge in [-0.15, -0.1) is 5.10 Å². The maximum absolute atomic E-state index is 13.7. The van der Waals surface area contributed by atoms with Crippen LogP contribution in [0.25, 0.3) is 27.7 Å². The molecule has 2 atom stereocenters. The highest BCUT2D eigenvalue weighted by atomic mass is 19.3. The fourth-order valence-corrected chi connectivity index (χ4v) is 4.70. The molecule has 11 heteroatoms. The Bertz CT molecular complexity index is 1780. The van der Waals surface area contributed by atoms with Gasteiger partial charge in [-0.1, -0.05) is 18.2 Å². The van der Waals surface area contributed by atoms with Crippen LogP contribution in [-0.2, 0) is 11.8 Å². The number of pyridine rings is 1. The van der Waals surface area contributed by atoms with E-state index in [0.29, 0.717) is 16.8 Å². The number of nitrogens with one attached hydrogen (secondary N) is 2. The van der Waals surface area contributed by atoms with Crippen LogP contribution >= 0.6 is 0 Å². The molecule has 6 rings (SSSR count). The zero-order valence-corrected chi connectivity index (χ0v) is 21.0. The van der Waals surface area contributed by atoms with Crippen molar-refractivity contribution >= 4 is 34.3 Å². The fourth-order valence-electron chi connectivity index (χ4n) is 4.70. The number of hydrogen-bond acceptors (Lipinski definition) is 4. The van der Waals surface area contributed by atoms with E-state index in [0.717, 1.165) is 22.0 Å². The fraction of sp³-hybridized carbons (Fsp3) is 0.214. The third kappa shape index (κ3) is 4.60. The number of carbonyl (C=O) groups is 2. The number of nitrogens with zero attached hydrogens (tertiary/aromatic N) is 4. The largest absolute Gasteiger partial charge is 0.350 e. The Balaban J connectivity index is 1.27. The molecule has 0 bridgehead atoms. The van der Waals surface area contributed by atoms with Crippen molar-refractivity contribution in [2.24, 2.45) is 13.0 Å². The van der Waals surface area contributed by atoms with Crippen molar-refractivity contribution in [2.45, 2.75) is 25.3 Å². The van der Waals surface area contributed by atoms with E-state index in [1.54, 1.807) is 43.6 Å². The van der Waals surface area contributed by atoms with Crippen LogP contribution in [0.4, 0.5) is 19.1 Å². The first kappa shape index (κ1) is 24.7. The molecule has 39 heavy (non-hydrogen) atoms. The second kappa shape index (κ2) is 8.97. The summed E-state index contributed by atoms with van der Waals surface area (Å²) in [4.78, 5) is 29.5. The van der Waals surface area contributed by atoms with E-state index in [-0.39, 0.29) is 17.7 Å². The van der Waals surface area contributed by atoms with Crippen molar-refractivity contribution in [2.75, 3.05) is 5.32 Å². The van der Waals surface area contributed by atoms with Crippen molar-refractivity contribution < 1.29 is 22.8 Å². The summed E-state index contributed by atoms with van der Waals surface area (Å²) in [5, 5.41) is 10.2. The Hall–Kier alpha value is -4.67. The molecule has 0 aliphatic heterocycles. The SMILES string of the molecule is CC(NC(=O)c1cn(C)c2ccc(-c3ccn4nc(NC(=O)C5CC5(F)F)nc4c3)cc12)c1cccc(F)c1. The number of amides is 2. The zero-order chi connectivity index (χ0) is 27.5. The first-order chi connectivity index (χ1) is 18.6. The predicted octanol–water partition coefficient (Wildman–Crippen LogP) is 5.11. The maximum Gasteiger partial charge on any atom is 0.260 e. The lowest BCUT2D eigenvalue weighted by molar-refractivity contribution is -0.119. The summed E-state index contributed by atoms with van der Waals surface area (Å²) in [6, 6.07) is 15.0. The van der Waals surface area contributed by atoms with Crippen LogP contribution < -0.4 is 10.6 Å². The van der Waals surface area contributed by atoms with Crippen LogP contribution in [0.15, 0.2) is 67.0 Å². The molecule has 0 radical (unpaired) electrons. The highest BCUT2D eigenvalue weighted by molar-refractivity contribution is 6.08. The third-order valence-corrected chi connectivity index (χ3v) is 6.98. The molecular formula is C28H23F3N6O2. The maximum atomic E-state index is 13.7. The van der Waals surface area contributed by atoms with Gasteiger partial charge in [0.25, 0.3) is 11.8 Å². The predicted molar refractivity (Wildman–Crippen MR) is 139 cm³/mol. The molecule has 0 saturated heterocycles. The molecule has 2 N–H and O–H groups in total. The lowest BCUT2D eigenvalue weighted by atomic mass is 10.0. The summed E-state index contributed by atoms with van der Waals surface area (Å²) in [5.41, 5.74) is 4.00. The Morgan fingerprint density at radius 2 is 1.87 bits per heavy atom. The minimum absolute atomic E-state index is 0.0512. The average Bonchev–Trinajstić information content (AvgIpc) is 3.20. The van der Waals surface area contributed by atoms with Gasteiger partial charge in [-0.05, 0) is 60.0 Å². The lowest BCUT2D eigenvalue weighted by Crippen LogP contribution is -2.26. The number of fused-ring (bicyclic) bond motifs is 2. The molecule has 2 amide bonds. The van der Waals surface area contributed by atoms with E-state index >= 15 is 0 Å². The van der Waals surface area contributed by atoms with Crippen molar-refractivity contribution in [3.63, 3.8) is 0 Å². The third-order valence-electron chi connectivity index (χ3n) is 6.98. The molecule has 2 unspecified atom stereocenters. The number of anilines is 1. The summed E-state index contributed by atoms with van der Waals surface area (Å²) < 4.78 is 43.3. The van der Waals surface area contributed by atoms with Crippen LogP contribution in [0.3, 0.4) is 0 Å². The molecular weight excluding hydrogens is 509 g/mol. The number of aryl methyl sites for hydroxylation is 1. The minimum atomic E-state index is -2.97. The van der Waals surface area contributed by atoms with Crippen molar-refractivity contribution in [1.29, 1.82) is 0 Å². The van der Waals surface area contributed by atoms with Crippen LogP contribution in [0, 0.1) is 11.7 Å². The van der Waals surface area contributed by atoms with Gasteiger partial charge in [-0.2, -0.15) is 4.98 Å². The van der Waals surface area contributed by atoms with Crippen LogP contribution in [0.2, 0.25) is 0 Å². The standard InChI is InChI=1S/C28H23F3N6O2/c1-15(16-4-3-5-19(29)10-16)32-25(38)21-14-36(2)23-7-6-17(11-20(21)23)18-8-9-37-24(12-18)33-27(35-37)34-26(39)22-13-28(22,30)31/h3-12,14-15,22H,13H2,1-2H3,(H,32,38)(H,34,35,39). The van der Waals surface area contributed by atoms with Gasteiger partial charge < -0.3 is 9.88 Å². The summed E-state index contributed by atoms with van der Waals surface area (Å²) in [7, 11) is 1.85. The van der Waals surface area contributed by atoms with Crippen molar-refractivity contribution in [1.82, 2.24) is 24.5 Å². The first-order valence-corrected chi connectivity index (χ1v) is 12.3. The molecule has 3 heterocycles. The van der Waals surface area contributed by atoms with Gasteiger partial charge in [0, 0.05) is 36.8 Å². The summed E-state index contributed by atoms with van der Waals surface area (Å²) in [6.45, 7) is 1.80. The van der Waals surface area contributed by atoms with E-state index in [1.165, 1.54) is 16.6 Å². The number of benzene rings is 2. The van der Waals surface area contributed by atoms with Crippen LogP contribution in [0.5, 0.6) is 0 Å². The molecule has 5 aromatic rings. The second-order valence-electron chi connectivity index (χ2n) is 9.80. The van der Waals surface area contributed by atoms with Gasteiger partial charge in [0.2, 0.25) is 11.9 Å². The number of halogens is 3. The molecule has 1 aliphatic carbocycles. The molecule has 8 nitrogen and oxygen atoms in total. The van der Waals surface area contributed by atoms with Crippen molar-refractivity contribution in [3.8, 4) is 11.1 Å². The Morgan fingerprint density at radius 3 is 2.62 bits per heavy atom. The number of aromatic nitrogens is 4. The number of rotatable bonds is 6. The van der Waals surface area contributed by atoms with Crippen molar-refractivity contribution in [3.05, 3.63) is 83.9 Å². The topological polar surface area (TPSA) is 93.3 Å².